The van der Waals surface area contributed by atoms with Gasteiger partial charge in [0.05, 0.1) is 5.56 Å². The normalized spacial score (nSPS) is 10.1. The van der Waals surface area contributed by atoms with Gasteiger partial charge in [-0.05, 0) is 42.9 Å². The number of ether oxygens (including phenoxy) is 1. The van der Waals surface area contributed by atoms with Crippen LogP contribution < -0.4 is 4.74 Å². The standard InChI is InChI=1S/C18H21NO2.ClH/c1-3-19(4-2)14-15-9-8-10-16(13-15)18(20)21-17-11-6-5-7-12-17;/h5-13H,3-4,14H2,1-2H3;1H. The van der Waals surface area contributed by atoms with Gasteiger partial charge >= 0.3 is 5.97 Å². The average molecular weight is 320 g/mol. The summed E-state index contributed by atoms with van der Waals surface area (Å²) in [4.78, 5) is 14.5. The minimum atomic E-state index is -0.317. The average Bonchev–Trinajstić information content (AvgIpc) is 2.54. The molecule has 0 heterocycles. The fourth-order valence-corrected chi connectivity index (χ4v) is 2.16. The Morgan fingerprint density at radius 3 is 2.32 bits per heavy atom. The van der Waals surface area contributed by atoms with Crippen LogP contribution in [0.15, 0.2) is 54.6 Å². The van der Waals surface area contributed by atoms with Crippen molar-refractivity contribution < 1.29 is 9.53 Å². The Hall–Kier alpha value is -1.84. The number of hydrogen-bond acceptors (Lipinski definition) is 3. The van der Waals surface area contributed by atoms with Crippen LogP contribution in [0.25, 0.3) is 0 Å². The Bertz CT molecular complexity index is 583. The van der Waals surface area contributed by atoms with Crippen molar-refractivity contribution in [1.82, 2.24) is 4.90 Å². The first-order valence-corrected chi connectivity index (χ1v) is 7.31. The largest absolute Gasteiger partial charge is 0.423 e. The highest BCUT2D eigenvalue weighted by molar-refractivity contribution is 5.91. The number of benzene rings is 2. The number of nitrogens with zero attached hydrogens (tertiary/aromatic N) is 1. The Morgan fingerprint density at radius 2 is 1.68 bits per heavy atom. The predicted molar refractivity (Wildman–Crippen MR) is 91.7 cm³/mol. The first-order valence-electron chi connectivity index (χ1n) is 7.31. The lowest BCUT2D eigenvalue weighted by Crippen LogP contribution is -2.22. The fourth-order valence-electron chi connectivity index (χ4n) is 2.16. The quantitative estimate of drug-likeness (QED) is 0.591. The lowest BCUT2D eigenvalue weighted by atomic mass is 10.1. The van der Waals surface area contributed by atoms with Gasteiger partial charge in [-0.1, -0.05) is 44.2 Å². The molecule has 4 heteroatoms. The van der Waals surface area contributed by atoms with E-state index in [1.807, 2.05) is 36.4 Å². The molecule has 0 radical (unpaired) electrons. The van der Waals surface area contributed by atoms with Crippen molar-refractivity contribution in [3.05, 3.63) is 65.7 Å². The van der Waals surface area contributed by atoms with Gasteiger partial charge in [0, 0.05) is 6.54 Å². The second-order valence-electron chi connectivity index (χ2n) is 4.86. The SMILES string of the molecule is CCN(CC)Cc1cccc(C(=O)Oc2ccccc2)c1.Cl. The molecule has 0 aliphatic rings. The van der Waals surface area contributed by atoms with Gasteiger partial charge in [0.1, 0.15) is 5.75 Å². The van der Waals surface area contributed by atoms with Crippen molar-refractivity contribution in [3.63, 3.8) is 0 Å². The summed E-state index contributed by atoms with van der Waals surface area (Å²) >= 11 is 0. The zero-order valence-electron chi connectivity index (χ0n) is 13.0. The van der Waals surface area contributed by atoms with Crippen LogP contribution in [0.4, 0.5) is 0 Å². The molecular formula is C18H22ClNO2. The molecule has 2 aromatic rings. The van der Waals surface area contributed by atoms with Gasteiger partial charge in [-0.2, -0.15) is 0 Å². The van der Waals surface area contributed by atoms with Crippen molar-refractivity contribution in [2.24, 2.45) is 0 Å². The molecule has 0 saturated carbocycles. The Balaban J connectivity index is 0.00000242. The van der Waals surface area contributed by atoms with Crippen molar-refractivity contribution in [3.8, 4) is 5.75 Å². The van der Waals surface area contributed by atoms with Gasteiger partial charge in [0.25, 0.3) is 0 Å². The van der Waals surface area contributed by atoms with E-state index in [0.29, 0.717) is 11.3 Å². The maximum atomic E-state index is 12.2. The maximum absolute atomic E-state index is 12.2. The van der Waals surface area contributed by atoms with E-state index in [1.165, 1.54) is 0 Å². The third-order valence-electron chi connectivity index (χ3n) is 3.42. The summed E-state index contributed by atoms with van der Waals surface area (Å²) in [5, 5.41) is 0. The van der Waals surface area contributed by atoms with E-state index in [0.717, 1.165) is 25.2 Å². The van der Waals surface area contributed by atoms with Crippen LogP contribution in [0.2, 0.25) is 0 Å². The van der Waals surface area contributed by atoms with Crippen LogP contribution >= 0.6 is 12.4 Å². The van der Waals surface area contributed by atoms with Crippen LogP contribution in [-0.2, 0) is 6.54 Å². The highest BCUT2D eigenvalue weighted by atomic mass is 35.5. The highest BCUT2D eigenvalue weighted by Gasteiger charge is 2.10. The second kappa shape index (κ2) is 9.23. The molecule has 0 fully saturated rings. The lowest BCUT2D eigenvalue weighted by molar-refractivity contribution is 0.0734. The molecule has 0 aliphatic carbocycles. The summed E-state index contributed by atoms with van der Waals surface area (Å²) in [6.07, 6.45) is 0. The highest BCUT2D eigenvalue weighted by Crippen LogP contribution is 2.13. The molecule has 0 atom stereocenters. The second-order valence-corrected chi connectivity index (χ2v) is 4.86. The zero-order valence-corrected chi connectivity index (χ0v) is 13.8. The van der Waals surface area contributed by atoms with Crippen LogP contribution in [-0.4, -0.2) is 24.0 Å². The van der Waals surface area contributed by atoms with Gasteiger partial charge in [0.2, 0.25) is 0 Å². The summed E-state index contributed by atoms with van der Waals surface area (Å²) in [6.45, 7) is 7.11. The van der Waals surface area contributed by atoms with E-state index in [-0.39, 0.29) is 18.4 Å². The molecule has 3 nitrogen and oxygen atoms in total. The van der Waals surface area contributed by atoms with E-state index < -0.39 is 0 Å². The molecule has 0 N–H and O–H groups in total. The van der Waals surface area contributed by atoms with Crippen molar-refractivity contribution >= 4 is 18.4 Å². The molecule has 0 unspecified atom stereocenters. The Morgan fingerprint density at radius 1 is 1.00 bits per heavy atom. The smallest absolute Gasteiger partial charge is 0.343 e. The summed E-state index contributed by atoms with van der Waals surface area (Å²) in [5.74, 6) is 0.249. The number of para-hydroxylation sites is 1. The number of carbonyl (C=O) groups excluding carboxylic acids is 1. The first kappa shape index (κ1) is 18.2. The molecule has 0 spiro atoms. The number of halogens is 1. The molecule has 2 rings (SSSR count). The summed E-state index contributed by atoms with van der Waals surface area (Å²) < 4.78 is 5.36. The zero-order chi connectivity index (χ0) is 15.1. The molecule has 0 saturated heterocycles. The van der Waals surface area contributed by atoms with Crippen LogP contribution in [0.5, 0.6) is 5.75 Å². The first-order chi connectivity index (χ1) is 10.2. The van der Waals surface area contributed by atoms with E-state index >= 15 is 0 Å². The molecule has 0 aromatic heterocycles. The van der Waals surface area contributed by atoms with E-state index in [9.17, 15) is 4.79 Å². The van der Waals surface area contributed by atoms with Gasteiger partial charge in [-0.15, -0.1) is 12.4 Å². The van der Waals surface area contributed by atoms with E-state index in [2.05, 4.69) is 18.7 Å². The third-order valence-corrected chi connectivity index (χ3v) is 3.42. The summed E-state index contributed by atoms with van der Waals surface area (Å²) in [5.41, 5.74) is 1.71. The lowest BCUT2D eigenvalue weighted by Gasteiger charge is -2.18. The minimum absolute atomic E-state index is 0. The molecule has 22 heavy (non-hydrogen) atoms. The number of hydrogen-bond donors (Lipinski definition) is 0. The maximum Gasteiger partial charge on any atom is 0.343 e. The van der Waals surface area contributed by atoms with Gasteiger partial charge < -0.3 is 4.74 Å². The molecule has 118 valence electrons. The van der Waals surface area contributed by atoms with Crippen molar-refractivity contribution in [1.29, 1.82) is 0 Å². The summed E-state index contributed by atoms with van der Waals surface area (Å²) in [6, 6.07) is 16.8. The summed E-state index contributed by atoms with van der Waals surface area (Å²) in [7, 11) is 0. The van der Waals surface area contributed by atoms with Crippen molar-refractivity contribution in [2.75, 3.05) is 13.1 Å². The van der Waals surface area contributed by atoms with E-state index in [1.54, 1.807) is 18.2 Å². The number of esters is 1. The van der Waals surface area contributed by atoms with Gasteiger partial charge in [-0.3, -0.25) is 4.90 Å². The molecular weight excluding hydrogens is 298 g/mol. The van der Waals surface area contributed by atoms with Crippen LogP contribution in [0, 0.1) is 0 Å². The molecule has 2 aromatic carbocycles. The topological polar surface area (TPSA) is 29.5 Å². The monoisotopic (exact) mass is 319 g/mol. The van der Waals surface area contributed by atoms with E-state index in [4.69, 9.17) is 4.74 Å². The van der Waals surface area contributed by atoms with Gasteiger partial charge in [0.15, 0.2) is 0 Å². The minimum Gasteiger partial charge on any atom is -0.423 e. The Kier molecular flexibility index (Phi) is 7.64. The predicted octanol–water partition coefficient (Wildman–Crippen LogP) is 4.17. The van der Waals surface area contributed by atoms with Crippen LogP contribution in [0.3, 0.4) is 0 Å². The van der Waals surface area contributed by atoms with Gasteiger partial charge in [-0.25, -0.2) is 4.79 Å². The number of rotatable bonds is 6. The molecule has 0 amide bonds. The number of carbonyl (C=O) groups is 1. The fraction of sp³-hybridized carbons (Fsp3) is 0.278. The third kappa shape index (κ3) is 5.17. The van der Waals surface area contributed by atoms with Crippen LogP contribution in [0.1, 0.15) is 29.8 Å². The Labute approximate surface area is 138 Å². The molecule has 0 bridgehead atoms. The molecule has 0 aliphatic heterocycles. The van der Waals surface area contributed by atoms with Crippen molar-refractivity contribution in [2.45, 2.75) is 20.4 Å².